The van der Waals surface area contributed by atoms with Crippen molar-refractivity contribution in [2.24, 2.45) is 10.9 Å². The molecular weight excluding hydrogens is 178 g/mol. The molecular formula is C10H23N3O. The molecule has 0 aliphatic carbocycles. The zero-order valence-corrected chi connectivity index (χ0v) is 9.67. The largest absolute Gasteiger partial charge is 0.409 e. The van der Waals surface area contributed by atoms with Gasteiger partial charge in [-0.15, -0.1) is 0 Å². The van der Waals surface area contributed by atoms with Crippen LogP contribution in [0.4, 0.5) is 0 Å². The molecule has 0 bridgehead atoms. The number of rotatable bonds is 6. The van der Waals surface area contributed by atoms with Gasteiger partial charge in [0.1, 0.15) is 0 Å². The predicted molar refractivity (Wildman–Crippen MR) is 59.6 cm³/mol. The van der Waals surface area contributed by atoms with Gasteiger partial charge in [-0.1, -0.05) is 25.4 Å². The lowest BCUT2D eigenvalue weighted by Crippen LogP contribution is -2.51. The topological polar surface area (TPSA) is 70.6 Å². The molecule has 0 aliphatic heterocycles. The van der Waals surface area contributed by atoms with Gasteiger partial charge in [0, 0.05) is 5.54 Å². The summed E-state index contributed by atoms with van der Waals surface area (Å²) in [7, 11) is 0. The second-order valence-electron chi connectivity index (χ2n) is 4.26. The van der Waals surface area contributed by atoms with Crippen molar-refractivity contribution in [2.75, 3.05) is 0 Å². The Hall–Kier alpha value is -0.770. The van der Waals surface area contributed by atoms with Gasteiger partial charge in [0.25, 0.3) is 0 Å². The van der Waals surface area contributed by atoms with E-state index in [-0.39, 0.29) is 17.4 Å². The molecule has 0 spiro atoms. The van der Waals surface area contributed by atoms with Crippen LogP contribution in [0.3, 0.4) is 0 Å². The molecule has 4 heteroatoms. The summed E-state index contributed by atoms with van der Waals surface area (Å²) >= 11 is 0. The molecule has 0 saturated heterocycles. The van der Waals surface area contributed by atoms with Crippen LogP contribution in [0.15, 0.2) is 5.16 Å². The molecule has 84 valence electrons. The highest BCUT2D eigenvalue weighted by Crippen LogP contribution is 2.12. The summed E-state index contributed by atoms with van der Waals surface area (Å²) in [5, 5.41) is 15.0. The van der Waals surface area contributed by atoms with Crippen LogP contribution in [0.5, 0.6) is 0 Å². The Morgan fingerprint density at radius 1 is 1.50 bits per heavy atom. The monoisotopic (exact) mass is 201 g/mol. The van der Waals surface area contributed by atoms with Crippen molar-refractivity contribution in [3.8, 4) is 0 Å². The third-order valence-electron chi connectivity index (χ3n) is 2.32. The molecule has 4 nitrogen and oxygen atoms in total. The van der Waals surface area contributed by atoms with Crippen LogP contribution in [-0.2, 0) is 0 Å². The Morgan fingerprint density at radius 3 is 2.43 bits per heavy atom. The summed E-state index contributed by atoms with van der Waals surface area (Å²) in [6.07, 6.45) is 3.01. The van der Waals surface area contributed by atoms with E-state index < -0.39 is 0 Å². The smallest absolute Gasteiger partial charge is 0.156 e. The predicted octanol–water partition coefficient (Wildman–Crippen LogP) is 1.68. The summed E-state index contributed by atoms with van der Waals surface area (Å²) in [6.45, 7) is 8.42. The second kappa shape index (κ2) is 5.86. The second-order valence-corrected chi connectivity index (χ2v) is 4.26. The first-order valence-electron chi connectivity index (χ1n) is 5.22. The zero-order valence-electron chi connectivity index (χ0n) is 9.67. The van der Waals surface area contributed by atoms with Gasteiger partial charge in [0.2, 0.25) is 0 Å². The fourth-order valence-electron chi connectivity index (χ4n) is 1.62. The van der Waals surface area contributed by atoms with E-state index >= 15 is 0 Å². The van der Waals surface area contributed by atoms with Crippen molar-refractivity contribution in [3.05, 3.63) is 0 Å². The van der Waals surface area contributed by atoms with E-state index in [1.54, 1.807) is 0 Å². The Bertz CT molecular complexity index is 190. The summed E-state index contributed by atoms with van der Waals surface area (Å²) < 4.78 is 0. The van der Waals surface area contributed by atoms with E-state index in [1.165, 1.54) is 0 Å². The molecule has 0 rings (SSSR count). The molecule has 0 aliphatic rings. The van der Waals surface area contributed by atoms with Gasteiger partial charge in [0.15, 0.2) is 5.84 Å². The number of amidine groups is 1. The van der Waals surface area contributed by atoms with Crippen LogP contribution in [0.25, 0.3) is 0 Å². The maximum atomic E-state index is 8.59. The van der Waals surface area contributed by atoms with Gasteiger partial charge >= 0.3 is 0 Å². The molecule has 0 aromatic carbocycles. The zero-order chi connectivity index (χ0) is 11.2. The number of nitrogens with two attached hydrogens (primary N) is 1. The number of hydrogen-bond donors (Lipinski definition) is 3. The summed E-state index contributed by atoms with van der Waals surface area (Å²) in [5.41, 5.74) is 5.60. The average Bonchev–Trinajstić information content (AvgIpc) is 2.13. The lowest BCUT2D eigenvalue weighted by Gasteiger charge is -2.30. The van der Waals surface area contributed by atoms with Gasteiger partial charge in [-0.2, -0.15) is 0 Å². The van der Waals surface area contributed by atoms with Crippen molar-refractivity contribution < 1.29 is 5.21 Å². The standard InChI is InChI=1S/C10H23N3O/c1-5-7-10(3,4)12-8(6-2)9(11)13-14/h8,12,14H,5-7H2,1-4H3,(H2,11,13). The van der Waals surface area contributed by atoms with E-state index in [2.05, 4.69) is 31.2 Å². The molecule has 0 saturated carbocycles. The normalized spacial score (nSPS) is 15.6. The van der Waals surface area contributed by atoms with Crippen LogP contribution in [-0.4, -0.2) is 22.6 Å². The van der Waals surface area contributed by atoms with Gasteiger partial charge in [0.05, 0.1) is 6.04 Å². The first-order valence-corrected chi connectivity index (χ1v) is 5.22. The van der Waals surface area contributed by atoms with E-state index in [4.69, 9.17) is 10.9 Å². The van der Waals surface area contributed by atoms with E-state index in [0.717, 1.165) is 19.3 Å². The third-order valence-corrected chi connectivity index (χ3v) is 2.32. The number of oxime groups is 1. The molecule has 0 heterocycles. The van der Waals surface area contributed by atoms with Crippen LogP contribution < -0.4 is 11.1 Å². The molecule has 0 aromatic heterocycles. The summed E-state index contributed by atoms with van der Waals surface area (Å²) in [5.74, 6) is 0.261. The third kappa shape index (κ3) is 4.46. The molecule has 0 aromatic rings. The minimum Gasteiger partial charge on any atom is -0.409 e. The number of nitrogens with zero attached hydrogens (tertiary/aromatic N) is 1. The van der Waals surface area contributed by atoms with Gasteiger partial charge < -0.3 is 16.3 Å². The minimum absolute atomic E-state index is 0.0325. The van der Waals surface area contributed by atoms with E-state index in [1.807, 2.05) is 6.92 Å². The number of nitrogens with one attached hydrogen (secondary N) is 1. The summed E-state index contributed by atoms with van der Waals surface area (Å²) in [6, 6.07) is -0.0402. The highest BCUT2D eigenvalue weighted by atomic mass is 16.4. The van der Waals surface area contributed by atoms with Crippen LogP contribution in [0, 0.1) is 0 Å². The van der Waals surface area contributed by atoms with Gasteiger partial charge in [-0.3, -0.25) is 0 Å². The molecule has 1 unspecified atom stereocenters. The Balaban J connectivity index is 4.30. The van der Waals surface area contributed by atoms with Crippen molar-refractivity contribution in [2.45, 2.75) is 58.5 Å². The molecule has 0 amide bonds. The first-order chi connectivity index (χ1) is 6.46. The van der Waals surface area contributed by atoms with Crippen molar-refractivity contribution in [1.29, 1.82) is 0 Å². The number of hydrogen-bond acceptors (Lipinski definition) is 3. The van der Waals surface area contributed by atoms with Crippen LogP contribution in [0.1, 0.15) is 47.0 Å². The van der Waals surface area contributed by atoms with E-state index in [0.29, 0.717) is 0 Å². The Morgan fingerprint density at radius 2 is 2.07 bits per heavy atom. The minimum atomic E-state index is -0.0402. The maximum Gasteiger partial charge on any atom is 0.156 e. The maximum absolute atomic E-state index is 8.59. The quantitative estimate of drug-likeness (QED) is 0.265. The lowest BCUT2D eigenvalue weighted by molar-refractivity contribution is 0.303. The first kappa shape index (κ1) is 13.2. The van der Waals surface area contributed by atoms with Crippen molar-refractivity contribution in [3.63, 3.8) is 0 Å². The fraction of sp³-hybridized carbons (Fsp3) is 0.900. The van der Waals surface area contributed by atoms with Gasteiger partial charge in [-0.05, 0) is 26.7 Å². The van der Waals surface area contributed by atoms with Crippen LogP contribution in [0.2, 0.25) is 0 Å². The SMILES string of the molecule is CCCC(C)(C)NC(CC)C(N)=NO. The molecule has 4 N–H and O–H groups in total. The molecule has 0 fully saturated rings. The highest BCUT2D eigenvalue weighted by molar-refractivity contribution is 5.85. The molecule has 14 heavy (non-hydrogen) atoms. The fourth-order valence-corrected chi connectivity index (χ4v) is 1.62. The van der Waals surface area contributed by atoms with Gasteiger partial charge in [-0.25, -0.2) is 0 Å². The van der Waals surface area contributed by atoms with E-state index in [9.17, 15) is 0 Å². The highest BCUT2D eigenvalue weighted by Gasteiger charge is 2.22. The summed E-state index contributed by atoms with van der Waals surface area (Å²) in [4.78, 5) is 0. The van der Waals surface area contributed by atoms with Crippen molar-refractivity contribution in [1.82, 2.24) is 5.32 Å². The molecule has 0 radical (unpaired) electrons. The molecule has 1 atom stereocenters. The van der Waals surface area contributed by atoms with Crippen LogP contribution >= 0.6 is 0 Å². The van der Waals surface area contributed by atoms with Crippen molar-refractivity contribution >= 4 is 5.84 Å². The average molecular weight is 201 g/mol. The Kier molecular flexibility index (Phi) is 5.53. The lowest BCUT2D eigenvalue weighted by atomic mass is 9.97. The Labute approximate surface area is 86.6 Å².